The molecule has 0 bridgehead atoms. The van der Waals surface area contributed by atoms with Crippen LogP contribution in [-0.4, -0.2) is 21.2 Å². The predicted molar refractivity (Wildman–Crippen MR) is 77.5 cm³/mol. The van der Waals surface area contributed by atoms with Crippen LogP contribution >= 0.6 is 11.6 Å². The van der Waals surface area contributed by atoms with Gasteiger partial charge in [-0.25, -0.2) is 13.2 Å². The van der Waals surface area contributed by atoms with Crippen molar-refractivity contribution in [1.82, 2.24) is 10.2 Å². The molecule has 1 fully saturated rings. The van der Waals surface area contributed by atoms with Gasteiger partial charge in [-0.2, -0.15) is 5.10 Å². The van der Waals surface area contributed by atoms with Crippen LogP contribution in [-0.2, 0) is 0 Å². The molecule has 1 atom stereocenters. The van der Waals surface area contributed by atoms with Gasteiger partial charge >= 0.3 is 0 Å². The number of nitrogens with zero attached hydrogens (tertiary/aromatic N) is 1. The first-order chi connectivity index (χ1) is 10.4. The summed E-state index contributed by atoms with van der Waals surface area (Å²) >= 11 is 5.76. The van der Waals surface area contributed by atoms with Gasteiger partial charge in [0.1, 0.15) is 6.10 Å². The molecule has 1 saturated carbocycles. The van der Waals surface area contributed by atoms with Gasteiger partial charge in [0, 0.05) is 11.5 Å². The summed E-state index contributed by atoms with van der Waals surface area (Å²) in [5.41, 5.74) is -0.0562. The maximum absolute atomic E-state index is 14.6. The second-order valence-corrected chi connectivity index (χ2v) is 6.24. The maximum atomic E-state index is 14.6. The third kappa shape index (κ3) is 2.48. The van der Waals surface area contributed by atoms with E-state index in [9.17, 15) is 18.3 Å². The van der Waals surface area contributed by atoms with Crippen LogP contribution in [0, 0.1) is 11.7 Å². The number of halogens is 4. The minimum absolute atomic E-state index is 0.000921. The Labute approximate surface area is 130 Å². The van der Waals surface area contributed by atoms with E-state index in [0.717, 1.165) is 25.3 Å². The average molecular weight is 333 g/mol. The molecule has 3 rings (SSSR count). The summed E-state index contributed by atoms with van der Waals surface area (Å²) in [7, 11) is 0. The summed E-state index contributed by atoms with van der Waals surface area (Å²) in [6.45, 7) is 0. The normalized spacial score (nSPS) is 18.8. The van der Waals surface area contributed by atoms with E-state index in [1.165, 1.54) is 6.20 Å². The molecule has 2 N–H and O–H groups in total. The molecule has 0 aliphatic heterocycles. The number of aliphatic hydroxyl groups excluding tert-OH is 1. The number of aromatic nitrogens is 2. The summed E-state index contributed by atoms with van der Waals surface area (Å²) in [5.74, 6) is -4.90. The van der Waals surface area contributed by atoms with Crippen LogP contribution in [0.4, 0.5) is 13.2 Å². The highest BCUT2D eigenvalue weighted by Gasteiger charge is 2.47. The van der Waals surface area contributed by atoms with Crippen molar-refractivity contribution >= 4 is 22.5 Å². The molecule has 0 amide bonds. The SMILES string of the molecule is OC(c1cc(Cl)c(F)c2cn[nH]c12)C(F)(F)C1CCCCC1. The van der Waals surface area contributed by atoms with Gasteiger partial charge in [-0.05, 0) is 18.9 Å². The van der Waals surface area contributed by atoms with E-state index < -0.39 is 23.8 Å². The van der Waals surface area contributed by atoms with Crippen molar-refractivity contribution in [3.8, 4) is 0 Å². The highest BCUT2D eigenvalue weighted by atomic mass is 35.5. The Morgan fingerprint density at radius 2 is 2.00 bits per heavy atom. The van der Waals surface area contributed by atoms with E-state index in [0.29, 0.717) is 12.8 Å². The molecule has 1 aromatic heterocycles. The molecule has 0 saturated heterocycles. The molecule has 0 radical (unpaired) electrons. The topological polar surface area (TPSA) is 48.9 Å². The summed E-state index contributed by atoms with van der Waals surface area (Å²) < 4.78 is 43.1. The molecular formula is C15H16ClF3N2O. The number of aromatic amines is 1. The van der Waals surface area contributed by atoms with Gasteiger partial charge in [-0.3, -0.25) is 5.10 Å². The fraction of sp³-hybridized carbons (Fsp3) is 0.533. The average Bonchev–Trinajstić information content (AvgIpc) is 3.01. The van der Waals surface area contributed by atoms with Gasteiger partial charge in [0.2, 0.25) is 0 Å². The molecule has 7 heteroatoms. The number of hydrogen-bond donors (Lipinski definition) is 2. The highest BCUT2D eigenvalue weighted by Crippen LogP contribution is 2.46. The van der Waals surface area contributed by atoms with Crippen molar-refractivity contribution in [3.05, 3.63) is 28.7 Å². The summed E-state index contributed by atoms with van der Waals surface area (Å²) in [6, 6.07) is 1.05. The van der Waals surface area contributed by atoms with Gasteiger partial charge in [0.25, 0.3) is 5.92 Å². The minimum atomic E-state index is -3.29. The third-order valence-corrected chi connectivity index (χ3v) is 4.74. The third-order valence-electron chi connectivity index (χ3n) is 4.47. The van der Waals surface area contributed by atoms with E-state index in [1.807, 2.05) is 0 Å². The number of H-pyrrole nitrogens is 1. The Morgan fingerprint density at radius 3 is 2.68 bits per heavy atom. The fourth-order valence-corrected chi connectivity index (χ4v) is 3.43. The molecule has 1 heterocycles. The van der Waals surface area contributed by atoms with E-state index in [-0.39, 0.29) is 21.5 Å². The number of aliphatic hydroxyl groups is 1. The molecule has 120 valence electrons. The van der Waals surface area contributed by atoms with Crippen LogP contribution in [0.25, 0.3) is 10.9 Å². The molecule has 22 heavy (non-hydrogen) atoms. The highest BCUT2D eigenvalue weighted by molar-refractivity contribution is 6.31. The summed E-state index contributed by atoms with van der Waals surface area (Å²) in [4.78, 5) is 0. The van der Waals surface area contributed by atoms with E-state index in [2.05, 4.69) is 10.2 Å². The first-order valence-corrected chi connectivity index (χ1v) is 7.67. The van der Waals surface area contributed by atoms with Gasteiger partial charge in [0.15, 0.2) is 5.82 Å². The molecule has 1 aromatic carbocycles. The van der Waals surface area contributed by atoms with Crippen molar-refractivity contribution in [1.29, 1.82) is 0 Å². The smallest absolute Gasteiger partial charge is 0.280 e. The Hall–Kier alpha value is -1.27. The van der Waals surface area contributed by atoms with Crippen LogP contribution in [0.15, 0.2) is 12.3 Å². The van der Waals surface area contributed by atoms with Crippen molar-refractivity contribution in [2.24, 2.45) is 5.92 Å². The number of alkyl halides is 2. The number of benzene rings is 1. The van der Waals surface area contributed by atoms with E-state index >= 15 is 0 Å². The van der Waals surface area contributed by atoms with Crippen molar-refractivity contribution in [3.63, 3.8) is 0 Å². The predicted octanol–water partition coefficient (Wildman–Crippen LogP) is 4.60. The van der Waals surface area contributed by atoms with Crippen LogP contribution in [0.2, 0.25) is 5.02 Å². The lowest BCUT2D eigenvalue weighted by molar-refractivity contribution is -0.157. The molecular weight excluding hydrogens is 317 g/mol. The lowest BCUT2D eigenvalue weighted by atomic mass is 9.81. The summed E-state index contributed by atoms with van der Waals surface area (Å²) in [5, 5.41) is 16.1. The monoisotopic (exact) mass is 332 g/mol. The second-order valence-electron chi connectivity index (χ2n) is 5.83. The zero-order valence-corrected chi connectivity index (χ0v) is 12.5. The Balaban J connectivity index is 2.02. The molecule has 2 aromatic rings. The largest absolute Gasteiger partial charge is 0.382 e. The number of hydrogen-bond acceptors (Lipinski definition) is 2. The summed E-state index contributed by atoms with van der Waals surface area (Å²) in [6.07, 6.45) is 2.29. The van der Waals surface area contributed by atoms with Gasteiger partial charge in [0.05, 0.1) is 22.1 Å². The fourth-order valence-electron chi connectivity index (χ4n) is 3.21. The van der Waals surface area contributed by atoms with Crippen LogP contribution in [0.3, 0.4) is 0 Å². The van der Waals surface area contributed by atoms with Crippen molar-refractivity contribution < 1.29 is 18.3 Å². The number of fused-ring (bicyclic) bond motifs is 1. The zero-order chi connectivity index (χ0) is 15.9. The van der Waals surface area contributed by atoms with Crippen LogP contribution in [0.5, 0.6) is 0 Å². The van der Waals surface area contributed by atoms with Gasteiger partial charge in [-0.15, -0.1) is 0 Å². The van der Waals surface area contributed by atoms with E-state index in [1.54, 1.807) is 0 Å². The van der Waals surface area contributed by atoms with Crippen LogP contribution in [0.1, 0.15) is 43.8 Å². The van der Waals surface area contributed by atoms with Crippen molar-refractivity contribution in [2.45, 2.75) is 44.1 Å². The quantitative estimate of drug-likeness (QED) is 0.862. The standard InChI is InChI=1S/C15H16ClF3N2O/c16-11-6-9(13-10(12(11)17)7-20-21-13)14(22)15(18,19)8-4-2-1-3-5-8/h6-8,14,22H,1-5H2,(H,20,21). The van der Waals surface area contributed by atoms with E-state index in [4.69, 9.17) is 11.6 Å². The first kappa shape index (κ1) is 15.6. The van der Waals surface area contributed by atoms with Gasteiger partial charge < -0.3 is 5.11 Å². The maximum Gasteiger partial charge on any atom is 0.280 e. The Kier molecular flexibility index (Phi) is 4.07. The second kappa shape index (κ2) is 5.74. The Morgan fingerprint density at radius 1 is 1.32 bits per heavy atom. The molecule has 0 spiro atoms. The molecule has 3 nitrogen and oxygen atoms in total. The van der Waals surface area contributed by atoms with Crippen molar-refractivity contribution in [2.75, 3.05) is 0 Å². The first-order valence-electron chi connectivity index (χ1n) is 7.29. The molecule has 1 aliphatic carbocycles. The molecule has 1 aliphatic rings. The zero-order valence-electron chi connectivity index (χ0n) is 11.8. The number of nitrogens with one attached hydrogen (secondary N) is 1. The molecule has 1 unspecified atom stereocenters. The lowest BCUT2D eigenvalue weighted by Gasteiger charge is -2.33. The van der Waals surface area contributed by atoms with Gasteiger partial charge in [-0.1, -0.05) is 30.9 Å². The number of rotatable bonds is 3. The lowest BCUT2D eigenvalue weighted by Crippen LogP contribution is -2.36. The Bertz CT molecular complexity index is 683. The minimum Gasteiger partial charge on any atom is -0.382 e. The van der Waals surface area contributed by atoms with Crippen LogP contribution < -0.4 is 0 Å².